The minimum Gasteiger partial charge on any atom is -0.484 e. The highest BCUT2D eigenvalue weighted by molar-refractivity contribution is 6.31. The van der Waals surface area contributed by atoms with Crippen molar-refractivity contribution < 1.29 is 14.3 Å². The fourth-order valence-electron chi connectivity index (χ4n) is 2.50. The molecule has 2 amide bonds. The quantitative estimate of drug-likeness (QED) is 0.712. The van der Waals surface area contributed by atoms with Gasteiger partial charge in [-0.3, -0.25) is 20.4 Å². The number of nitrogens with one attached hydrogen (secondary N) is 2. The standard InChI is InChI=1S/C20H24ClN3O3/c1-4-24(5-2)16-8-6-15(7-9-16)20(26)23-22-19(25)13-27-17-10-11-18(21)14(3)12-17/h6-12H,4-5,13H2,1-3H3,(H,22,25)(H,23,26). The summed E-state index contributed by atoms with van der Waals surface area (Å²) in [4.78, 5) is 26.2. The fraction of sp³-hybridized carbons (Fsp3) is 0.300. The van der Waals surface area contributed by atoms with Crippen molar-refractivity contribution in [3.8, 4) is 5.75 Å². The van der Waals surface area contributed by atoms with E-state index in [1.54, 1.807) is 30.3 Å². The van der Waals surface area contributed by atoms with Crippen LogP contribution in [0.1, 0.15) is 29.8 Å². The van der Waals surface area contributed by atoms with Crippen LogP contribution in [0, 0.1) is 6.92 Å². The van der Waals surface area contributed by atoms with Crippen molar-refractivity contribution in [3.63, 3.8) is 0 Å². The second-order valence-corrected chi connectivity index (χ2v) is 6.33. The minimum atomic E-state index is -0.462. The molecule has 0 bridgehead atoms. The molecular weight excluding hydrogens is 366 g/mol. The van der Waals surface area contributed by atoms with Crippen LogP contribution in [0.5, 0.6) is 5.75 Å². The third-order valence-electron chi connectivity index (χ3n) is 4.07. The molecule has 0 radical (unpaired) electrons. The Morgan fingerprint density at radius 1 is 1.04 bits per heavy atom. The van der Waals surface area contributed by atoms with E-state index in [1.165, 1.54) is 0 Å². The van der Waals surface area contributed by atoms with Crippen LogP contribution in [0.2, 0.25) is 5.02 Å². The lowest BCUT2D eigenvalue weighted by Gasteiger charge is -2.21. The maximum atomic E-state index is 12.1. The molecule has 2 aromatic rings. The van der Waals surface area contributed by atoms with E-state index in [2.05, 4.69) is 29.6 Å². The molecule has 27 heavy (non-hydrogen) atoms. The molecular formula is C20H24ClN3O3. The van der Waals surface area contributed by atoms with Gasteiger partial charge in [0, 0.05) is 29.4 Å². The summed E-state index contributed by atoms with van der Waals surface area (Å²) < 4.78 is 5.38. The average molecular weight is 390 g/mol. The summed E-state index contributed by atoms with van der Waals surface area (Å²) in [6.45, 7) is 7.57. The molecule has 0 fully saturated rings. The van der Waals surface area contributed by atoms with Gasteiger partial charge in [0.2, 0.25) is 0 Å². The first kappa shape index (κ1) is 20.6. The number of ether oxygens (including phenoxy) is 1. The van der Waals surface area contributed by atoms with Crippen molar-refractivity contribution >= 4 is 29.1 Å². The zero-order valence-electron chi connectivity index (χ0n) is 15.7. The van der Waals surface area contributed by atoms with E-state index in [-0.39, 0.29) is 6.61 Å². The van der Waals surface area contributed by atoms with Gasteiger partial charge in [0.1, 0.15) is 5.75 Å². The predicted octanol–water partition coefficient (Wildman–Crippen LogP) is 3.33. The summed E-state index contributed by atoms with van der Waals surface area (Å²) in [6, 6.07) is 12.3. The van der Waals surface area contributed by atoms with Gasteiger partial charge in [0.25, 0.3) is 11.8 Å². The Morgan fingerprint density at radius 3 is 2.30 bits per heavy atom. The van der Waals surface area contributed by atoms with Crippen LogP contribution in [0.25, 0.3) is 0 Å². The summed E-state index contributed by atoms with van der Waals surface area (Å²) in [7, 11) is 0. The Hall–Kier alpha value is -2.73. The first-order valence-electron chi connectivity index (χ1n) is 8.77. The lowest BCUT2D eigenvalue weighted by Crippen LogP contribution is -2.43. The fourth-order valence-corrected chi connectivity index (χ4v) is 2.62. The van der Waals surface area contributed by atoms with Gasteiger partial charge < -0.3 is 9.64 Å². The van der Waals surface area contributed by atoms with Gasteiger partial charge in [-0.25, -0.2) is 0 Å². The van der Waals surface area contributed by atoms with Crippen LogP contribution in [0.4, 0.5) is 5.69 Å². The molecule has 0 atom stereocenters. The number of benzene rings is 2. The van der Waals surface area contributed by atoms with Crippen molar-refractivity contribution in [2.45, 2.75) is 20.8 Å². The van der Waals surface area contributed by atoms with Gasteiger partial charge in [-0.1, -0.05) is 11.6 Å². The Balaban J connectivity index is 1.82. The molecule has 0 spiro atoms. The van der Waals surface area contributed by atoms with Crippen LogP contribution in [-0.4, -0.2) is 31.5 Å². The van der Waals surface area contributed by atoms with Gasteiger partial charge >= 0.3 is 0 Å². The van der Waals surface area contributed by atoms with E-state index in [0.29, 0.717) is 16.3 Å². The highest BCUT2D eigenvalue weighted by Crippen LogP contribution is 2.20. The Labute approximate surface area is 164 Å². The molecule has 2 aromatic carbocycles. The van der Waals surface area contributed by atoms with Gasteiger partial charge in [-0.15, -0.1) is 0 Å². The second kappa shape index (κ2) is 9.83. The smallest absolute Gasteiger partial charge is 0.276 e. The summed E-state index contributed by atoms with van der Waals surface area (Å²) >= 11 is 5.94. The third kappa shape index (κ3) is 5.89. The average Bonchev–Trinajstić information content (AvgIpc) is 2.68. The first-order valence-corrected chi connectivity index (χ1v) is 9.15. The van der Waals surface area contributed by atoms with Crippen LogP contribution in [0.3, 0.4) is 0 Å². The molecule has 2 N–H and O–H groups in total. The van der Waals surface area contributed by atoms with Crippen LogP contribution in [0.15, 0.2) is 42.5 Å². The topological polar surface area (TPSA) is 70.7 Å². The largest absolute Gasteiger partial charge is 0.484 e. The number of aryl methyl sites for hydroxylation is 1. The zero-order chi connectivity index (χ0) is 19.8. The first-order chi connectivity index (χ1) is 12.9. The number of carbonyl (C=O) groups is 2. The monoisotopic (exact) mass is 389 g/mol. The van der Waals surface area contributed by atoms with Gasteiger partial charge in [-0.2, -0.15) is 0 Å². The van der Waals surface area contributed by atoms with E-state index in [0.717, 1.165) is 24.3 Å². The van der Waals surface area contributed by atoms with Gasteiger partial charge in [0.15, 0.2) is 6.61 Å². The van der Waals surface area contributed by atoms with Gasteiger partial charge in [0.05, 0.1) is 0 Å². The molecule has 0 aromatic heterocycles. The van der Waals surface area contributed by atoms with Crippen molar-refractivity contribution in [1.82, 2.24) is 10.9 Å². The lowest BCUT2D eigenvalue weighted by atomic mass is 10.2. The Kier molecular flexibility index (Phi) is 7.49. The van der Waals surface area contributed by atoms with Gasteiger partial charge in [-0.05, 0) is 68.8 Å². The molecule has 0 saturated heterocycles. The normalized spacial score (nSPS) is 10.2. The molecule has 0 aliphatic rings. The molecule has 6 nitrogen and oxygen atoms in total. The molecule has 144 valence electrons. The Morgan fingerprint density at radius 2 is 1.70 bits per heavy atom. The van der Waals surface area contributed by atoms with E-state index >= 15 is 0 Å². The predicted molar refractivity (Wildman–Crippen MR) is 107 cm³/mol. The zero-order valence-corrected chi connectivity index (χ0v) is 16.5. The lowest BCUT2D eigenvalue weighted by molar-refractivity contribution is -0.123. The molecule has 0 saturated carbocycles. The van der Waals surface area contributed by atoms with E-state index in [9.17, 15) is 9.59 Å². The summed E-state index contributed by atoms with van der Waals surface area (Å²) in [5.41, 5.74) is 7.08. The van der Waals surface area contributed by atoms with Crippen LogP contribution in [-0.2, 0) is 4.79 Å². The van der Waals surface area contributed by atoms with Crippen molar-refractivity contribution in [2.24, 2.45) is 0 Å². The summed E-state index contributed by atoms with van der Waals surface area (Å²) in [6.07, 6.45) is 0. The van der Waals surface area contributed by atoms with Crippen LogP contribution >= 0.6 is 11.6 Å². The number of anilines is 1. The minimum absolute atomic E-state index is 0.220. The highest BCUT2D eigenvalue weighted by Gasteiger charge is 2.09. The summed E-state index contributed by atoms with van der Waals surface area (Å²) in [5.74, 6) is -0.321. The molecule has 0 aliphatic carbocycles. The maximum Gasteiger partial charge on any atom is 0.276 e. The number of hydrogen-bond donors (Lipinski definition) is 2. The van der Waals surface area contributed by atoms with Crippen molar-refractivity contribution in [2.75, 3.05) is 24.6 Å². The number of amides is 2. The molecule has 0 aliphatic heterocycles. The second-order valence-electron chi connectivity index (χ2n) is 5.92. The van der Waals surface area contributed by atoms with E-state index in [4.69, 9.17) is 16.3 Å². The number of carbonyl (C=O) groups excluding carboxylic acids is 2. The number of halogens is 1. The Bertz CT molecular complexity index is 790. The third-order valence-corrected chi connectivity index (χ3v) is 4.50. The summed E-state index contributed by atoms with van der Waals surface area (Å²) in [5, 5.41) is 0.631. The van der Waals surface area contributed by atoms with Crippen LogP contribution < -0.4 is 20.5 Å². The van der Waals surface area contributed by atoms with E-state index in [1.807, 2.05) is 19.1 Å². The van der Waals surface area contributed by atoms with Crippen molar-refractivity contribution in [3.05, 3.63) is 58.6 Å². The maximum absolute atomic E-state index is 12.1. The number of nitrogens with zero attached hydrogens (tertiary/aromatic N) is 1. The number of rotatable bonds is 7. The SMILES string of the molecule is CCN(CC)c1ccc(C(=O)NNC(=O)COc2ccc(Cl)c(C)c2)cc1. The van der Waals surface area contributed by atoms with E-state index < -0.39 is 11.8 Å². The highest BCUT2D eigenvalue weighted by atomic mass is 35.5. The number of hydrazine groups is 1. The van der Waals surface area contributed by atoms with Crippen molar-refractivity contribution in [1.29, 1.82) is 0 Å². The molecule has 7 heteroatoms. The molecule has 0 heterocycles. The number of hydrogen-bond acceptors (Lipinski definition) is 4. The molecule has 0 unspecified atom stereocenters. The molecule has 2 rings (SSSR count).